The van der Waals surface area contributed by atoms with Crippen molar-refractivity contribution >= 4 is 18.2 Å². The summed E-state index contributed by atoms with van der Waals surface area (Å²) in [7, 11) is 5.06. The van der Waals surface area contributed by atoms with Crippen LogP contribution in [0.2, 0.25) is 0 Å². The third-order valence-electron chi connectivity index (χ3n) is 1.02. The van der Waals surface area contributed by atoms with Gasteiger partial charge in [0.2, 0.25) is 0 Å². The molecule has 0 amide bonds. The van der Waals surface area contributed by atoms with Crippen LogP contribution in [0.1, 0.15) is 0 Å². The fourth-order valence-electron chi connectivity index (χ4n) is 0.391. The first-order valence-corrected chi connectivity index (χ1v) is 6.32. The molecule has 6 heteroatoms. The van der Waals surface area contributed by atoms with Crippen molar-refractivity contribution in [1.29, 1.82) is 0 Å². The van der Waals surface area contributed by atoms with Gasteiger partial charge in [-0.2, -0.15) is 0 Å². The minimum Gasteiger partial charge on any atom is -0.316 e. The third kappa shape index (κ3) is 6.84. The minimum atomic E-state index is -3.34. The van der Waals surface area contributed by atoms with Crippen LogP contribution in [0.15, 0.2) is 0 Å². The molecule has 11 heavy (non-hydrogen) atoms. The Hall–Kier alpha value is 0.460. The Bertz CT molecular complexity index is 153. The van der Waals surface area contributed by atoms with Crippen LogP contribution in [-0.2, 0) is 9.09 Å². The molecular formula is C5H14NO3PS. The summed E-state index contributed by atoms with van der Waals surface area (Å²) < 4.78 is 15.2. The lowest BCUT2D eigenvalue weighted by molar-refractivity contribution is 0.336. The third-order valence-corrected chi connectivity index (χ3v) is 4.15. The summed E-state index contributed by atoms with van der Waals surface area (Å²) in [6, 6.07) is 0. The van der Waals surface area contributed by atoms with E-state index in [0.29, 0.717) is 5.75 Å². The van der Waals surface area contributed by atoms with Gasteiger partial charge in [0.05, 0.1) is 0 Å². The second-order valence-electron chi connectivity index (χ2n) is 2.29. The number of rotatable bonds is 5. The van der Waals surface area contributed by atoms with Gasteiger partial charge in [0.1, 0.15) is 0 Å². The average Bonchev–Trinajstić information content (AvgIpc) is 1.87. The predicted molar refractivity (Wildman–Crippen MR) is 47.8 cm³/mol. The van der Waals surface area contributed by atoms with Crippen LogP contribution in [0.3, 0.4) is 0 Å². The fourth-order valence-corrected chi connectivity index (χ4v) is 2.43. The zero-order valence-electron chi connectivity index (χ0n) is 6.98. The first-order valence-electron chi connectivity index (χ1n) is 3.16. The second kappa shape index (κ2) is 5.17. The summed E-state index contributed by atoms with van der Waals surface area (Å²) >= 11 is 0.954. The molecule has 0 bridgehead atoms. The minimum absolute atomic E-state index is 0.606. The van der Waals surface area contributed by atoms with Gasteiger partial charge < -0.3 is 14.3 Å². The molecule has 0 radical (unpaired) electrons. The Morgan fingerprint density at radius 1 is 1.64 bits per heavy atom. The van der Waals surface area contributed by atoms with Gasteiger partial charge in [-0.1, -0.05) is 0 Å². The van der Waals surface area contributed by atoms with E-state index >= 15 is 0 Å². The van der Waals surface area contributed by atoms with E-state index in [9.17, 15) is 4.57 Å². The van der Waals surface area contributed by atoms with Crippen LogP contribution < -0.4 is 0 Å². The molecule has 1 N–H and O–H groups in total. The molecule has 0 aromatic carbocycles. The molecule has 0 heterocycles. The molecule has 0 aliphatic heterocycles. The number of hydrogen-bond acceptors (Lipinski definition) is 4. The molecule has 0 aromatic rings. The highest BCUT2D eigenvalue weighted by atomic mass is 32.7. The van der Waals surface area contributed by atoms with E-state index in [-0.39, 0.29) is 0 Å². The Morgan fingerprint density at radius 2 is 2.18 bits per heavy atom. The summed E-state index contributed by atoms with van der Waals surface area (Å²) in [5.41, 5.74) is 0. The van der Waals surface area contributed by atoms with Crippen LogP contribution in [0.4, 0.5) is 0 Å². The normalized spacial score (nSPS) is 16.8. The maximum Gasteiger partial charge on any atom is 0.386 e. The molecule has 68 valence electrons. The molecule has 1 atom stereocenters. The van der Waals surface area contributed by atoms with Crippen molar-refractivity contribution in [2.45, 2.75) is 0 Å². The molecule has 0 aliphatic rings. The lowest BCUT2D eigenvalue weighted by Gasteiger charge is -2.10. The van der Waals surface area contributed by atoms with E-state index in [1.807, 2.05) is 19.0 Å². The van der Waals surface area contributed by atoms with Gasteiger partial charge in [0.25, 0.3) is 0 Å². The highest BCUT2D eigenvalue weighted by Gasteiger charge is 2.16. The highest BCUT2D eigenvalue weighted by Crippen LogP contribution is 2.54. The predicted octanol–water partition coefficient (Wildman–Crippen LogP) is 1.03. The molecule has 0 saturated heterocycles. The van der Waals surface area contributed by atoms with E-state index in [2.05, 4.69) is 4.52 Å². The molecule has 4 nitrogen and oxygen atoms in total. The quantitative estimate of drug-likeness (QED) is 0.670. The lowest BCUT2D eigenvalue weighted by Crippen LogP contribution is -2.14. The van der Waals surface area contributed by atoms with Gasteiger partial charge in [0, 0.05) is 19.4 Å². The zero-order chi connectivity index (χ0) is 8.91. The van der Waals surface area contributed by atoms with Gasteiger partial charge in [-0.25, -0.2) is 4.57 Å². The second-order valence-corrected chi connectivity index (χ2v) is 6.42. The average molecular weight is 199 g/mol. The lowest BCUT2D eigenvalue weighted by atomic mass is 10.7. The maximum atomic E-state index is 10.8. The highest BCUT2D eigenvalue weighted by molar-refractivity contribution is 8.54. The van der Waals surface area contributed by atoms with Crippen molar-refractivity contribution in [2.24, 2.45) is 0 Å². The zero-order valence-corrected chi connectivity index (χ0v) is 8.69. The first kappa shape index (κ1) is 11.5. The summed E-state index contributed by atoms with van der Waals surface area (Å²) in [6.45, 7) is -2.56. The molecular weight excluding hydrogens is 185 g/mol. The van der Waals surface area contributed by atoms with Crippen LogP contribution in [0.5, 0.6) is 0 Å². The summed E-state index contributed by atoms with van der Waals surface area (Å²) in [5, 5.41) is 0. The monoisotopic (exact) mass is 199 g/mol. The van der Waals surface area contributed by atoms with Gasteiger partial charge in [-0.3, -0.25) is 0 Å². The Morgan fingerprint density at radius 3 is 2.55 bits per heavy atom. The summed E-state index contributed by atoms with van der Waals surface area (Å²) in [5.74, 6) is 0.606. The van der Waals surface area contributed by atoms with Crippen molar-refractivity contribution in [3.05, 3.63) is 0 Å². The molecule has 0 spiro atoms. The van der Waals surface area contributed by atoms with Crippen molar-refractivity contribution in [1.82, 2.24) is 4.90 Å². The molecule has 0 fully saturated rings. The molecule has 0 saturated carbocycles. The van der Waals surface area contributed by atoms with Crippen molar-refractivity contribution < 1.29 is 14.0 Å². The van der Waals surface area contributed by atoms with E-state index in [0.717, 1.165) is 17.9 Å². The van der Waals surface area contributed by atoms with Crippen molar-refractivity contribution in [3.63, 3.8) is 0 Å². The number of nitrogens with zero attached hydrogens (tertiary/aromatic N) is 1. The van der Waals surface area contributed by atoms with Crippen molar-refractivity contribution in [2.75, 3.05) is 33.5 Å². The SMILES string of the molecule is COP(=O)(O)SCCN(C)C. The summed E-state index contributed by atoms with van der Waals surface area (Å²) in [4.78, 5) is 10.9. The topological polar surface area (TPSA) is 49.8 Å². The van der Waals surface area contributed by atoms with E-state index in [4.69, 9.17) is 4.89 Å². The van der Waals surface area contributed by atoms with E-state index in [1.165, 1.54) is 7.11 Å². The molecule has 1 unspecified atom stereocenters. The van der Waals surface area contributed by atoms with Gasteiger partial charge in [-0.15, -0.1) is 0 Å². The molecule has 0 aliphatic carbocycles. The first-order chi connectivity index (χ1) is 4.98. The molecule has 0 aromatic heterocycles. The maximum absolute atomic E-state index is 10.8. The van der Waals surface area contributed by atoms with Crippen molar-refractivity contribution in [3.8, 4) is 0 Å². The van der Waals surface area contributed by atoms with Gasteiger partial charge >= 0.3 is 6.80 Å². The standard InChI is InChI=1S/C5H14NO3PS/c1-6(2)4-5-11-10(7,8)9-3/h4-5H2,1-3H3,(H,7,8). The van der Waals surface area contributed by atoms with Crippen LogP contribution in [0, 0.1) is 0 Å². The molecule has 0 rings (SSSR count). The van der Waals surface area contributed by atoms with Crippen LogP contribution >= 0.6 is 18.2 Å². The largest absolute Gasteiger partial charge is 0.386 e. The van der Waals surface area contributed by atoms with Crippen LogP contribution in [0.25, 0.3) is 0 Å². The van der Waals surface area contributed by atoms with Gasteiger partial charge in [-0.05, 0) is 25.5 Å². The Balaban J connectivity index is 3.46. The number of hydrogen-bond donors (Lipinski definition) is 1. The van der Waals surface area contributed by atoms with Gasteiger partial charge in [0.15, 0.2) is 0 Å². The van der Waals surface area contributed by atoms with E-state index < -0.39 is 6.80 Å². The fraction of sp³-hybridized carbons (Fsp3) is 1.00. The smallest absolute Gasteiger partial charge is 0.316 e. The van der Waals surface area contributed by atoms with E-state index in [1.54, 1.807) is 0 Å². The summed E-state index contributed by atoms with van der Waals surface area (Å²) in [6.07, 6.45) is 0. The Kier molecular flexibility index (Phi) is 5.38. The Labute approximate surface area is 71.2 Å². The van der Waals surface area contributed by atoms with Crippen LogP contribution in [-0.4, -0.2) is 43.3 Å².